The lowest BCUT2D eigenvalue weighted by Gasteiger charge is -2.31. The molecule has 1 aliphatic rings. The summed E-state index contributed by atoms with van der Waals surface area (Å²) in [6.45, 7) is 2.76. The Kier molecular flexibility index (Phi) is 6.57. The van der Waals surface area contributed by atoms with Gasteiger partial charge in [0.1, 0.15) is 5.75 Å². The molecule has 2 aromatic carbocycles. The van der Waals surface area contributed by atoms with Crippen molar-refractivity contribution in [3.8, 4) is 5.75 Å². The van der Waals surface area contributed by atoms with Crippen LogP contribution in [0.4, 0.5) is 5.69 Å². The molecule has 1 aliphatic heterocycles. The van der Waals surface area contributed by atoms with Crippen LogP contribution >= 0.6 is 27.5 Å². The van der Waals surface area contributed by atoms with Gasteiger partial charge in [-0.05, 0) is 61.8 Å². The van der Waals surface area contributed by atoms with Crippen LogP contribution in [-0.4, -0.2) is 31.0 Å². The number of benzene rings is 2. The highest BCUT2D eigenvalue weighted by Gasteiger charge is 2.25. The summed E-state index contributed by atoms with van der Waals surface area (Å²) in [7, 11) is 1.58. The maximum Gasteiger partial charge on any atom is 0.227 e. The van der Waals surface area contributed by atoms with Crippen molar-refractivity contribution < 1.29 is 9.53 Å². The van der Waals surface area contributed by atoms with E-state index in [1.165, 1.54) is 5.56 Å². The number of piperidine rings is 1. The molecule has 2 aromatic rings. The zero-order chi connectivity index (χ0) is 18.5. The highest BCUT2D eigenvalue weighted by molar-refractivity contribution is 9.10. The van der Waals surface area contributed by atoms with E-state index < -0.39 is 0 Å². The van der Waals surface area contributed by atoms with Crippen LogP contribution in [0.3, 0.4) is 0 Å². The minimum absolute atomic E-state index is 0.0138. The SMILES string of the molecule is COc1ccc(Cl)cc1NC(=O)C1CCN(Cc2ccc(Br)cc2)CC1. The fraction of sp³-hybridized carbons (Fsp3) is 0.350. The van der Waals surface area contributed by atoms with E-state index in [0.717, 1.165) is 36.9 Å². The summed E-state index contributed by atoms with van der Waals surface area (Å²) in [6.07, 6.45) is 1.70. The fourth-order valence-corrected chi connectivity index (χ4v) is 3.65. The number of anilines is 1. The van der Waals surface area contributed by atoms with Gasteiger partial charge in [0.2, 0.25) is 5.91 Å². The molecule has 0 aromatic heterocycles. The molecule has 6 heteroatoms. The number of nitrogens with zero attached hydrogens (tertiary/aromatic N) is 1. The average Bonchev–Trinajstić information content (AvgIpc) is 2.64. The van der Waals surface area contributed by atoms with Crippen LogP contribution in [0.15, 0.2) is 46.9 Å². The molecule has 0 saturated carbocycles. The lowest BCUT2D eigenvalue weighted by Crippen LogP contribution is -2.37. The van der Waals surface area contributed by atoms with Gasteiger partial charge in [0, 0.05) is 22.0 Å². The summed E-state index contributed by atoms with van der Waals surface area (Å²) < 4.78 is 6.39. The summed E-state index contributed by atoms with van der Waals surface area (Å²) in [5.41, 5.74) is 1.92. The van der Waals surface area contributed by atoms with Gasteiger partial charge in [0.15, 0.2) is 0 Å². The molecule has 1 N–H and O–H groups in total. The van der Waals surface area contributed by atoms with E-state index in [4.69, 9.17) is 16.3 Å². The van der Waals surface area contributed by atoms with Gasteiger partial charge < -0.3 is 10.1 Å². The average molecular weight is 438 g/mol. The monoisotopic (exact) mass is 436 g/mol. The third-order valence-electron chi connectivity index (χ3n) is 4.70. The largest absolute Gasteiger partial charge is 0.495 e. The molecule has 4 nitrogen and oxygen atoms in total. The molecule has 0 unspecified atom stereocenters. The Hall–Kier alpha value is -1.56. The zero-order valence-electron chi connectivity index (χ0n) is 14.7. The van der Waals surface area contributed by atoms with E-state index in [1.807, 2.05) is 0 Å². The van der Waals surface area contributed by atoms with E-state index in [2.05, 4.69) is 50.4 Å². The number of hydrogen-bond donors (Lipinski definition) is 1. The highest BCUT2D eigenvalue weighted by atomic mass is 79.9. The number of rotatable bonds is 5. The summed E-state index contributed by atoms with van der Waals surface area (Å²) in [4.78, 5) is 15.0. The minimum atomic E-state index is 0.0138. The minimum Gasteiger partial charge on any atom is -0.495 e. The van der Waals surface area contributed by atoms with Crippen molar-refractivity contribution in [3.63, 3.8) is 0 Å². The summed E-state index contributed by atoms with van der Waals surface area (Å²) in [5.74, 6) is 0.670. The molecule has 3 rings (SSSR count). The van der Waals surface area contributed by atoms with Crippen LogP contribution in [0.2, 0.25) is 5.02 Å². The van der Waals surface area contributed by atoms with Crippen LogP contribution < -0.4 is 10.1 Å². The highest BCUT2D eigenvalue weighted by Crippen LogP contribution is 2.29. The molecule has 1 saturated heterocycles. The molecule has 0 bridgehead atoms. The predicted molar refractivity (Wildman–Crippen MR) is 109 cm³/mol. The van der Waals surface area contributed by atoms with Crippen LogP contribution in [0.1, 0.15) is 18.4 Å². The van der Waals surface area contributed by atoms with Crippen molar-refractivity contribution in [3.05, 3.63) is 57.5 Å². The molecule has 1 heterocycles. The molecule has 0 spiro atoms. The summed E-state index contributed by atoms with van der Waals surface area (Å²) >= 11 is 9.49. The molecule has 0 atom stereocenters. The van der Waals surface area contributed by atoms with Crippen LogP contribution in [-0.2, 0) is 11.3 Å². The first-order chi connectivity index (χ1) is 12.5. The van der Waals surface area contributed by atoms with E-state index in [9.17, 15) is 4.79 Å². The normalized spacial score (nSPS) is 15.7. The number of likely N-dealkylation sites (tertiary alicyclic amines) is 1. The zero-order valence-corrected chi connectivity index (χ0v) is 17.0. The van der Waals surface area contributed by atoms with Crippen LogP contribution in [0, 0.1) is 5.92 Å². The van der Waals surface area contributed by atoms with Crippen molar-refractivity contribution in [2.24, 2.45) is 5.92 Å². The molecular weight excluding hydrogens is 416 g/mol. The van der Waals surface area contributed by atoms with Gasteiger partial charge >= 0.3 is 0 Å². The number of halogens is 2. The third-order valence-corrected chi connectivity index (χ3v) is 5.46. The second kappa shape index (κ2) is 8.89. The van der Waals surface area contributed by atoms with Crippen molar-refractivity contribution in [1.82, 2.24) is 4.90 Å². The van der Waals surface area contributed by atoms with E-state index >= 15 is 0 Å². The van der Waals surface area contributed by atoms with Gasteiger partial charge in [-0.1, -0.05) is 39.7 Å². The topological polar surface area (TPSA) is 41.6 Å². The fourth-order valence-electron chi connectivity index (χ4n) is 3.21. The number of ether oxygens (including phenoxy) is 1. The lowest BCUT2D eigenvalue weighted by atomic mass is 9.95. The van der Waals surface area contributed by atoms with E-state index in [1.54, 1.807) is 25.3 Å². The first-order valence-corrected chi connectivity index (χ1v) is 9.83. The van der Waals surface area contributed by atoms with Crippen molar-refractivity contribution in [2.75, 3.05) is 25.5 Å². The van der Waals surface area contributed by atoms with Crippen LogP contribution in [0.5, 0.6) is 5.75 Å². The molecule has 1 amide bonds. The molecule has 0 radical (unpaired) electrons. The molecule has 0 aliphatic carbocycles. The first kappa shape index (κ1) is 19.2. The Balaban J connectivity index is 1.53. The van der Waals surface area contributed by atoms with Crippen molar-refractivity contribution >= 4 is 39.1 Å². The smallest absolute Gasteiger partial charge is 0.227 e. The van der Waals surface area contributed by atoms with E-state index in [-0.39, 0.29) is 11.8 Å². The quantitative estimate of drug-likeness (QED) is 0.718. The lowest BCUT2D eigenvalue weighted by molar-refractivity contribution is -0.121. The van der Waals surface area contributed by atoms with Crippen molar-refractivity contribution in [1.29, 1.82) is 0 Å². The molecular formula is C20H22BrClN2O2. The molecule has 1 fully saturated rings. The Morgan fingerprint density at radius 3 is 2.58 bits per heavy atom. The van der Waals surface area contributed by atoms with Gasteiger partial charge in [-0.2, -0.15) is 0 Å². The maximum absolute atomic E-state index is 12.6. The molecule has 138 valence electrons. The number of methoxy groups -OCH3 is 1. The summed E-state index contributed by atoms with van der Waals surface area (Å²) in [5, 5.41) is 3.55. The number of carbonyl (C=O) groups excluding carboxylic acids is 1. The van der Waals surface area contributed by atoms with E-state index in [0.29, 0.717) is 16.5 Å². The first-order valence-electron chi connectivity index (χ1n) is 8.66. The van der Waals surface area contributed by atoms with Gasteiger partial charge in [0.05, 0.1) is 12.8 Å². The number of carbonyl (C=O) groups is 1. The number of amides is 1. The molecule has 26 heavy (non-hydrogen) atoms. The third kappa shape index (κ3) is 5.00. The summed E-state index contributed by atoms with van der Waals surface area (Å²) in [6, 6.07) is 13.6. The Bertz CT molecular complexity index is 759. The van der Waals surface area contributed by atoms with Gasteiger partial charge in [-0.15, -0.1) is 0 Å². The Morgan fingerprint density at radius 1 is 1.23 bits per heavy atom. The number of hydrogen-bond acceptors (Lipinski definition) is 3. The Labute approximate surface area is 167 Å². The van der Waals surface area contributed by atoms with Crippen molar-refractivity contribution in [2.45, 2.75) is 19.4 Å². The van der Waals surface area contributed by atoms with Gasteiger partial charge in [0.25, 0.3) is 0 Å². The van der Waals surface area contributed by atoms with Gasteiger partial charge in [-0.25, -0.2) is 0 Å². The number of nitrogens with one attached hydrogen (secondary N) is 1. The second-order valence-corrected chi connectivity index (χ2v) is 7.86. The van der Waals surface area contributed by atoms with Gasteiger partial charge in [-0.3, -0.25) is 9.69 Å². The predicted octanol–water partition coefficient (Wildman–Crippen LogP) is 4.96. The second-order valence-electron chi connectivity index (χ2n) is 6.51. The standard InChI is InChI=1S/C20H22BrClN2O2/c1-26-19-7-6-17(22)12-18(19)23-20(25)15-8-10-24(11-9-15)13-14-2-4-16(21)5-3-14/h2-7,12,15H,8-11,13H2,1H3,(H,23,25). The Morgan fingerprint density at radius 2 is 1.92 bits per heavy atom. The maximum atomic E-state index is 12.6. The van der Waals surface area contributed by atoms with Crippen LogP contribution in [0.25, 0.3) is 0 Å².